The number of hydrogen-bond donors (Lipinski definition) is 1. The Morgan fingerprint density at radius 3 is 2.85 bits per heavy atom. The van der Waals surface area contributed by atoms with E-state index in [0.29, 0.717) is 5.92 Å². The Labute approximate surface area is 78.9 Å². The number of esters is 1. The first kappa shape index (κ1) is 10.3. The van der Waals surface area contributed by atoms with Crippen molar-refractivity contribution in [3.8, 4) is 0 Å². The lowest BCUT2D eigenvalue weighted by Gasteiger charge is -2.33. The molecule has 0 saturated heterocycles. The third kappa shape index (κ3) is 2.56. The summed E-state index contributed by atoms with van der Waals surface area (Å²) in [4.78, 5) is 11.0. The molecule has 3 atom stereocenters. The highest BCUT2D eigenvalue weighted by atomic mass is 16.5. The van der Waals surface area contributed by atoms with Gasteiger partial charge in [0.1, 0.15) is 6.10 Å². The minimum atomic E-state index is -0.366. The second-order valence-corrected chi connectivity index (χ2v) is 3.68. The molecular formula is C10H17NO2. The summed E-state index contributed by atoms with van der Waals surface area (Å²) in [6.45, 7) is 5.43. The van der Waals surface area contributed by atoms with Gasteiger partial charge < -0.3 is 10.5 Å². The van der Waals surface area contributed by atoms with Gasteiger partial charge in [-0.05, 0) is 18.8 Å². The summed E-state index contributed by atoms with van der Waals surface area (Å²) in [7, 11) is 0. The maximum Gasteiger partial charge on any atom is 0.330 e. The van der Waals surface area contributed by atoms with Crippen LogP contribution >= 0.6 is 0 Å². The molecule has 3 heteroatoms. The summed E-state index contributed by atoms with van der Waals surface area (Å²) in [5.41, 5.74) is 5.86. The predicted molar refractivity (Wildman–Crippen MR) is 51.1 cm³/mol. The van der Waals surface area contributed by atoms with Crippen molar-refractivity contribution in [2.45, 2.75) is 38.3 Å². The molecule has 3 nitrogen and oxygen atoms in total. The van der Waals surface area contributed by atoms with Crippen molar-refractivity contribution < 1.29 is 9.53 Å². The van der Waals surface area contributed by atoms with E-state index in [1.807, 2.05) is 0 Å². The third-order valence-electron chi connectivity index (χ3n) is 2.60. The number of hydrogen-bond acceptors (Lipinski definition) is 3. The highest BCUT2D eigenvalue weighted by molar-refractivity contribution is 5.81. The fourth-order valence-corrected chi connectivity index (χ4v) is 1.81. The summed E-state index contributed by atoms with van der Waals surface area (Å²) in [6.07, 6.45) is 4.22. The second-order valence-electron chi connectivity index (χ2n) is 3.68. The van der Waals surface area contributed by atoms with Crippen LogP contribution in [0.3, 0.4) is 0 Å². The SMILES string of the molecule is C=CC(=O)OC1C(C)CCCC1N. The van der Waals surface area contributed by atoms with Crippen molar-refractivity contribution in [2.24, 2.45) is 11.7 Å². The molecule has 13 heavy (non-hydrogen) atoms. The zero-order chi connectivity index (χ0) is 9.84. The van der Waals surface area contributed by atoms with Gasteiger partial charge in [0.2, 0.25) is 0 Å². The number of ether oxygens (including phenoxy) is 1. The van der Waals surface area contributed by atoms with Gasteiger partial charge in [-0.25, -0.2) is 4.79 Å². The lowest BCUT2D eigenvalue weighted by atomic mass is 9.84. The van der Waals surface area contributed by atoms with Gasteiger partial charge in [0, 0.05) is 12.1 Å². The van der Waals surface area contributed by atoms with E-state index in [-0.39, 0.29) is 18.1 Å². The van der Waals surface area contributed by atoms with E-state index in [1.165, 1.54) is 6.08 Å². The molecule has 0 aliphatic heterocycles. The Bertz CT molecular complexity index is 193. The fourth-order valence-electron chi connectivity index (χ4n) is 1.81. The average molecular weight is 183 g/mol. The molecule has 1 aliphatic rings. The average Bonchev–Trinajstić information content (AvgIpc) is 2.11. The first-order valence-electron chi connectivity index (χ1n) is 4.73. The monoisotopic (exact) mass is 183 g/mol. The molecule has 1 rings (SSSR count). The largest absolute Gasteiger partial charge is 0.457 e. The van der Waals surface area contributed by atoms with Crippen molar-refractivity contribution in [1.82, 2.24) is 0 Å². The van der Waals surface area contributed by atoms with Gasteiger partial charge in [0.25, 0.3) is 0 Å². The van der Waals surface area contributed by atoms with Crippen molar-refractivity contribution >= 4 is 5.97 Å². The molecule has 0 aromatic heterocycles. The fraction of sp³-hybridized carbons (Fsp3) is 0.700. The minimum absolute atomic E-state index is 0.00681. The van der Waals surface area contributed by atoms with E-state index in [4.69, 9.17) is 10.5 Å². The highest BCUT2D eigenvalue weighted by Crippen LogP contribution is 2.25. The molecule has 1 fully saturated rings. The van der Waals surface area contributed by atoms with Gasteiger partial charge in [-0.1, -0.05) is 19.9 Å². The van der Waals surface area contributed by atoms with Crippen LogP contribution in [0.15, 0.2) is 12.7 Å². The predicted octanol–water partition coefficient (Wildman–Crippen LogP) is 1.23. The molecule has 0 bridgehead atoms. The Kier molecular flexibility index (Phi) is 3.48. The molecule has 0 heterocycles. The molecule has 0 radical (unpaired) electrons. The van der Waals surface area contributed by atoms with Gasteiger partial charge in [0.05, 0.1) is 0 Å². The number of rotatable bonds is 2. The van der Waals surface area contributed by atoms with Gasteiger partial charge >= 0.3 is 5.97 Å². The Morgan fingerprint density at radius 1 is 1.62 bits per heavy atom. The van der Waals surface area contributed by atoms with Gasteiger partial charge in [0.15, 0.2) is 0 Å². The zero-order valence-electron chi connectivity index (χ0n) is 8.03. The quantitative estimate of drug-likeness (QED) is 0.517. The molecule has 0 spiro atoms. The Balaban J connectivity index is 2.53. The Hall–Kier alpha value is -0.830. The van der Waals surface area contributed by atoms with Crippen LogP contribution in [0.2, 0.25) is 0 Å². The molecular weight excluding hydrogens is 166 g/mol. The van der Waals surface area contributed by atoms with E-state index in [2.05, 4.69) is 13.5 Å². The van der Waals surface area contributed by atoms with Crippen molar-refractivity contribution in [1.29, 1.82) is 0 Å². The van der Waals surface area contributed by atoms with Gasteiger partial charge in [-0.3, -0.25) is 0 Å². The number of carbonyl (C=O) groups is 1. The summed E-state index contributed by atoms with van der Waals surface area (Å²) < 4.78 is 5.18. The number of nitrogens with two attached hydrogens (primary N) is 1. The van der Waals surface area contributed by atoms with Gasteiger partial charge in [-0.15, -0.1) is 0 Å². The zero-order valence-corrected chi connectivity index (χ0v) is 8.03. The molecule has 3 unspecified atom stereocenters. The lowest BCUT2D eigenvalue weighted by Crippen LogP contribution is -2.45. The first-order valence-corrected chi connectivity index (χ1v) is 4.73. The standard InChI is InChI=1S/C10H17NO2/c1-3-9(12)13-10-7(2)5-4-6-8(10)11/h3,7-8,10H,1,4-6,11H2,2H3. The smallest absolute Gasteiger partial charge is 0.330 e. The maximum atomic E-state index is 11.0. The van der Waals surface area contributed by atoms with E-state index in [1.54, 1.807) is 0 Å². The Morgan fingerprint density at radius 2 is 2.31 bits per heavy atom. The van der Waals surface area contributed by atoms with E-state index < -0.39 is 0 Å². The molecule has 0 aromatic rings. The van der Waals surface area contributed by atoms with E-state index >= 15 is 0 Å². The molecule has 0 aromatic carbocycles. The highest BCUT2D eigenvalue weighted by Gasteiger charge is 2.30. The normalized spacial score (nSPS) is 33.8. The molecule has 2 N–H and O–H groups in total. The van der Waals surface area contributed by atoms with E-state index in [9.17, 15) is 4.79 Å². The molecule has 0 amide bonds. The van der Waals surface area contributed by atoms with Crippen molar-refractivity contribution in [2.75, 3.05) is 0 Å². The van der Waals surface area contributed by atoms with Crippen LogP contribution in [0, 0.1) is 5.92 Å². The van der Waals surface area contributed by atoms with Crippen molar-refractivity contribution in [3.05, 3.63) is 12.7 Å². The lowest BCUT2D eigenvalue weighted by molar-refractivity contribution is -0.148. The topological polar surface area (TPSA) is 52.3 Å². The van der Waals surface area contributed by atoms with Crippen LogP contribution < -0.4 is 5.73 Å². The van der Waals surface area contributed by atoms with Crippen LogP contribution in [0.5, 0.6) is 0 Å². The summed E-state index contributed by atoms with van der Waals surface area (Å²) in [5, 5.41) is 0. The summed E-state index contributed by atoms with van der Waals surface area (Å²) in [5.74, 6) is 0.00171. The van der Waals surface area contributed by atoms with Crippen molar-refractivity contribution in [3.63, 3.8) is 0 Å². The van der Waals surface area contributed by atoms with Crippen LogP contribution in [0.25, 0.3) is 0 Å². The minimum Gasteiger partial charge on any atom is -0.457 e. The molecule has 1 saturated carbocycles. The maximum absolute atomic E-state index is 11.0. The van der Waals surface area contributed by atoms with Crippen LogP contribution in [-0.4, -0.2) is 18.1 Å². The summed E-state index contributed by atoms with van der Waals surface area (Å²) >= 11 is 0. The van der Waals surface area contributed by atoms with Crippen LogP contribution in [-0.2, 0) is 9.53 Å². The summed E-state index contributed by atoms with van der Waals surface area (Å²) in [6, 6.07) is -0.00681. The number of carbonyl (C=O) groups excluding carboxylic acids is 1. The van der Waals surface area contributed by atoms with Gasteiger partial charge in [-0.2, -0.15) is 0 Å². The van der Waals surface area contributed by atoms with Crippen LogP contribution in [0.4, 0.5) is 0 Å². The second kappa shape index (κ2) is 4.42. The molecule has 74 valence electrons. The van der Waals surface area contributed by atoms with E-state index in [0.717, 1.165) is 19.3 Å². The van der Waals surface area contributed by atoms with Crippen LogP contribution in [0.1, 0.15) is 26.2 Å². The molecule has 1 aliphatic carbocycles. The first-order chi connectivity index (χ1) is 6.15. The third-order valence-corrected chi connectivity index (χ3v) is 2.60.